The molecule has 0 fully saturated rings. The minimum Gasteiger partial charge on any atom is -0.459 e. The van der Waals surface area contributed by atoms with Crippen LogP contribution in [0.5, 0.6) is 0 Å². The normalized spacial score (nSPS) is 12.0. The van der Waals surface area contributed by atoms with E-state index in [-0.39, 0.29) is 23.4 Å². The number of hydrogen-bond acceptors (Lipinski definition) is 3. The Labute approximate surface area is 140 Å². The van der Waals surface area contributed by atoms with Crippen molar-refractivity contribution in [2.75, 3.05) is 7.05 Å². The van der Waals surface area contributed by atoms with Crippen LogP contribution < -0.4 is 5.32 Å². The van der Waals surface area contributed by atoms with E-state index in [1.54, 1.807) is 31.3 Å². The van der Waals surface area contributed by atoms with Crippen LogP contribution in [0.4, 0.5) is 4.39 Å². The molecule has 1 atom stereocenters. The molecule has 1 N–H and O–H groups in total. The first-order valence-corrected chi connectivity index (χ1v) is 7.72. The zero-order chi connectivity index (χ0) is 17.7. The summed E-state index contributed by atoms with van der Waals surface area (Å²) in [6.07, 6.45) is 1.40. The van der Waals surface area contributed by atoms with Gasteiger partial charge in [-0.1, -0.05) is 26.0 Å². The van der Waals surface area contributed by atoms with Crippen LogP contribution in [0.25, 0.3) is 0 Å². The molecule has 0 radical (unpaired) electrons. The van der Waals surface area contributed by atoms with Gasteiger partial charge < -0.3 is 14.6 Å². The summed E-state index contributed by atoms with van der Waals surface area (Å²) in [4.78, 5) is 26.3. The maximum absolute atomic E-state index is 13.0. The third kappa shape index (κ3) is 4.44. The van der Waals surface area contributed by atoms with Crippen LogP contribution in [-0.4, -0.2) is 29.8 Å². The van der Waals surface area contributed by atoms with Crippen LogP contribution >= 0.6 is 0 Å². The van der Waals surface area contributed by atoms with Crippen molar-refractivity contribution in [2.24, 2.45) is 5.92 Å². The van der Waals surface area contributed by atoms with E-state index in [4.69, 9.17) is 4.42 Å². The van der Waals surface area contributed by atoms with Crippen molar-refractivity contribution in [3.05, 3.63) is 59.8 Å². The third-order valence-electron chi connectivity index (χ3n) is 3.67. The molecule has 1 aromatic carbocycles. The monoisotopic (exact) mass is 332 g/mol. The van der Waals surface area contributed by atoms with Crippen LogP contribution in [-0.2, 0) is 11.3 Å². The molecule has 2 rings (SSSR count). The van der Waals surface area contributed by atoms with Gasteiger partial charge in [0.15, 0.2) is 5.76 Å². The number of hydrogen-bond donors (Lipinski definition) is 1. The maximum Gasteiger partial charge on any atom is 0.287 e. The van der Waals surface area contributed by atoms with Crippen LogP contribution in [0.1, 0.15) is 30.0 Å². The van der Waals surface area contributed by atoms with Crippen LogP contribution in [0.15, 0.2) is 47.1 Å². The first-order valence-electron chi connectivity index (χ1n) is 7.72. The molecule has 0 saturated heterocycles. The smallest absolute Gasteiger partial charge is 0.287 e. The molecule has 128 valence electrons. The predicted molar refractivity (Wildman–Crippen MR) is 87.7 cm³/mol. The Morgan fingerprint density at radius 3 is 2.42 bits per heavy atom. The summed E-state index contributed by atoms with van der Waals surface area (Å²) in [5.74, 6) is -0.892. The molecule has 24 heavy (non-hydrogen) atoms. The number of furan rings is 1. The van der Waals surface area contributed by atoms with Gasteiger partial charge in [0.2, 0.25) is 5.91 Å². The summed E-state index contributed by atoms with van der Waals surface area (Å²) in [7, 11) is 1.65. The number of likely N-dealkylation sites (N-methyl/N-ethyl adjacent to an activating group) is 1. The van der Waals surface area contributed by atoms with Gasteiger partial charge in [0, 0.05) is 13.6 Å². The molecule has 0 saturated carbocycles. The van der Waals surface area contributed by atoms with Gasteiger partial charge in [0.1, 0.15) is 11.9 Å². The second-order valence-electron chi connectivity index (χ2n) is 5.99. The Balaban J connectivity index is 2.04. The first kappa shape index (κ1) is 17.7. The fourth-order valence-electron chi connectivity index (χ4n) is 2.31. The minimum absolute atomic E-state index is 0.0907. The lowest BCUT2D eigenvalue weighted by Crippen LogP contribution is -2.49. The number of nitrogens with zero attached hydrogens (tertiary/aromatic N) is 1. The molecule has 0 aliphatic carbocycles. The Kier molecular flexibility index (Phi) is 5.73. The van der Waals surface area contributed by atoms with Gasteiger partial charge in [-0.3, -0.25) is 9.59 Å². The van der Waals surface area contributed by atoms with Crippen molar-refractivity contribution in [2.45, 2.75) is 26.4 Å². The number of amides is 2. The predicted octanol–water partition coefficient (Wildman–Crippen LogP) is 2.83. The lowest BCUT2D eigenvalue weighted by molar-refractivity contribution is -0.133. The highest BCUT2D eigenvalue weighted by Gasteiger charge is 2.28. The molecule has 2 aromatic rings. The molecule has 0 bridgehead atoms. The van der Waals surface area contributed by atoms with Crippen LogP contribution in [0.2, 0.25) is 0 Å². The molecule has 1 unspecified atom stereocenters. The van der Waals surface area contributed by atoms with Crippen molar-refractivity contribution in [1.29, 1.82) is 0 Å². The van der Waals surface area contributed by atoms with Crippen LogP contribution in [0.3, 0.4) is 0 Å². The molecule has 0 spiro atoms. The van der Waals surface area contributed by atoms with Crippen molar-refractivity contribution >= 4 is 11.8 Å². The van der Waals surface area contributed by atoms with E-state index < -0.39 is 11.9 Å². The second kappa shape index (κ2) is 7.77. The van der Waals surface area contributed by atoms with E-state index >= 15 is 0 Å². The molecule has 6 heteroatoms. The quantitative estimate of drug-likeness (QED) is 0.885. The number of rotatable bonds is 6. The lowest BCUT2D eigenvalue weighted by Gasteiger charge is -2.27. The Bertz CT molecular complexity index is 681. The zero-order valence-electron chi connectivity index (χ0n) is 14.0. The van der Waals surface area contributed by atoms with E-state index in [2.05, 4.69) is 5.32 Å². The lowest BCUT2D eigenvalue weighted by atomic mass is 10.0. The van der Waals surface area contributed by atoms with Gasteiger partial charge in [0.05, 0.1) is 6.26 Å². The number of carbonyl (C=O) groups excluding carboxylic acids is 2. The van der Waals surface area contributed by atoms with Gasteiger partial charge >= 0.3 is 0 Å². The van der Waals surface area contributed by atoms with E-state index in [1.807, 2.05) is 13.8 Å². The van der Waals surface area contributed by atoms with Crippen molar-refractivity contribution in [3.63, 3.8) is 0 Å². The Morgan fingerprint density at radius 1 is 1.21 bits per heavy atom. The summed E-state index contributed by atoms with van der Waals surface area (Å²) in [5.41, 5.74) is 0.812. The summed E-state index contributed by atoms with van der Waals surface area (Å²) < 4.78 is 18.0. The van der Waals surface area contributed by atoms with Crippen molar-refractivity contribution in [1.82, 2.24) is 10.2 Å². The summed E-state index contributed by atoms with van der Waals surface area (Å²) in [6.45, 7) is 4.05. The summed E-state index contributed by atoms with van der Waals surface area (Å²) in [6, 6.07) is 8.45. The fraction of sp³-hybridized carbons (Fsp3) is 0.333. The maximum atomic E-state index is 13.0. The van der Waals surface area contributed by atoms with E-state index in [0.29, 0.717) is 6.54 Å². The van der Waals surface area contributed by atoms with E-state index in [0.717, 1.165) is 5.56 Å². The zero-order valence-corrected chi connectivity index (χ0v) is 14.0. The Hall–Kier alpha value is -2.63. The molecular formula is C18H21FN2O3. The van der Waals surface area contributed by atoms with Gasteiger partial charge in [0.25, 0.3) is 5.91 Å². The summed E-state index contributed by atoms with van der Waals surface area (Å²) in [5, 5.41) is 2.71. The Morgan fingerprint density at radius 2 is 1.88 bits per heavy atom. The fourth-order valence-corrected chi connectivity index (χ4v) is 2.31. The van der Waals surface area contributed by atoms with E-state index in [9.17, 15) is 14.0 Å². The third-order valence-corrected chi connectivity index (χ3v) is 3.67. The van der Waals surface area contributed by atoms with Gasteiger partial charge in [-0.05, 0) is 35.7 Å². The highest BCUT2D eigenvalue weighted by molar-refractivity contribution is 5.95. The number of carbonyl (C=O) groups is 2. The van der Waals surface area contributed by atoms with Gasteiger partial charge in [-0.25, -0.2) is 4.39 Å². The average Bonchev–Trinajstić information content (AvgIpc) is 3.08. The molecule has 0 aliphatic heterocycles. The standard InChI is InChI=1S/C18H21FN2O3/c1-12(2)16(20-17(22)15-5-4-10-24-15)18(23)21(3)11-13-6-8-14(19)9-7-13/h4-10,12,16H,11H2,1-3H3,(H,20,22). The largest absolute Gasteiger partial charge is 0.459 e. The van der Waals surface area contributed by atoms with E-state index in [1.165, 1.54) is 23.3 Å². The highest BCUT2D eigenvalue weighted by Crippen LogP contribution is 2.11. The molecule has 1 aromatic heterocycles. The number of nitrogens with one attached hydrogen (secondary N) is 1. The molecule has 5 nitrogen and oxygen atoms in total. The number of benzene rings is 1. The number of halogens is 1. The second-order valence-corrected chi connectivity index (χ2v) is 5.99. The molecule has 2 amide bonds. The van der Waals surface area contributed by atoms with Crippen molar-refractivity contribution < 1.29 is 18.4 Å². The van der Waals surface area contributed by atoms with Crippen LogP contribution in [0, 0.1) is 11.7 Å². The highest BCUT2D eigenvalue weighted by atomic mass is 19.1. The van der Waals surface area contributed by atoms with Gasteiger partial charge in [-0.15, -0.1) is 0 Å². The van der Waals surface area contributed by atoms with Crippen molar-refractivity contribution in [3.8, 4) is 0 Å². The van der Waals surface area contributed by atoms with Gasteiger partial charge in [-0.2, -0.15) is 0 Å². The minimum atomic E-state index is -0.673. The topological polar surface area (TPSA) is 62.6 Å². The SMILES string of the molecule is CC(C)C(NC(=O)c1ccco1)C(=O)N(C)Cc1ccc(F)cc1. The summed E-state index contributed by atoms with van der Waals surface area (Å²) >= 11 is 0. The first-order chi connectivity index (χ1) is 11.4. The molecule has 0 aliphatic rings. The molecular weight excluding hydrogens is 311 g/mol. The molecule has 1 heterocycles. The average molecular weight is 332 g/mol.